The molecule has 3 aromatic carbocycles. The minimum atomic E-state index is -4.16. The summed E-state index contributed by atoms with van der Waals surface area (Å²) in [5.74, 6) is 0.105. The fraction of sp³-hybridized carbons (Fsp3) is 0.333. The van der Waals surface area contributed by atoms with E-state index in [1.165, 1.54) is 17.0 Å². The Balaban J connectivity index is 1.76. The van der Waals surface area contributed by atoms with Crippen LogP contribution in [-0.2, 0) is 26.2 Å². The zero-order valence-electron chi connectivity index (χ0n) is 23.0. The van der Waals surface area contributed by atoms with Gasteiger partial charge in [0.1, 0.15) is 25.8 Å². The largest absolute Gasteiger partial charge is 0.486 e. The molecule has 40 heavy (non-hydrogen) atoms. The van der Waals surface area contributed by atoms with Gasteiger partial charge in [0.15, 0.2) is 11.5 Å². The quantitative estimate of drug-likeness (QED) is 0.378. The highest BCUT2D eigenvalue weighted by molar-refractivity contribution is 7.92. The van der Waals surface area contributed by atoms with Gasteiger partial charge in [-0.15, -0.1) is 0 Å². The lowest BCUT2D eigenvalue weighted by Crippen LogP contribution is -2.52. The van der Waals surface area contributed by atoms with Crippen molar-refractivity contribution in [3.8, 4) is 11.5 Å². The molecule has 0 aliphatic carbocycles. The Morgan fingerprint density at radius 3 is 2.33 bits per heavy atom. The number of fused-ring (bicyclic) bond motifs is 1. The Morgan fingerprint density at radius 2 is 1.65 bits per heavy atom. The number of rotatable bonds is 11. The van der Waals surface area contributed by atoms with Crippen LogP contribution < -0.4 is 19.1 Å². The third-order valence-electron chi connectivity index (χ3n) is 6.60. The summed E-state index contributed by atoms with van der Waals surface area (Å²) in [5, 5.41) is 2.81. The summed E-state index contributed by atoms with van der Waals surface area (Å²) in [7, 11) is -4.16. The van der Waals surface area contributed by atoms with E-state index in [9.17, 15) is 18.0 Å². The SMILES string of the molecule is CCNC(=O)C(CC)N(Cc1cccc(C)c1)C(=O)CN(c1ccc2c(c1)OCCO2)S(=O)(=O)c1ccccc1. The van der Waals surface area contributed by atoms with E-state index in [1.54, 1.807) is 36.4 Å². The summed E-state index contributed by atoms with van der Waals surface area (Å²) in [5.41, 5.74) is 2.11. The Labute approximate surface area is 235 Å². The van der Waals surface area contributed by atoms with Crippen molar-refractivity contribution >= 4 is 27.5 Å². The first-order valence-electron chi connectivity index (χ1n) is 13.3. The van der Waals surface area contributed by atoms with Crippen LogP contribution in [0.3, 0.4) is 0 Å². The first kappa shape index (κ1) is 28.9. The maximum atomic E-state index is 14.1. The number of nitrogens with zero attached hydrogens (tertiary/aromatic N) is 2. The van der Waals surface area contributed by atoms with E-state index in [2.05, 4.69) is 5.32 Å². The number of anilines is 1. The summed E-state index contributed by atoms with van der Waals surface area (Å²) < 4.78 is 40.3. The Morgan fingerprint density at radius 1 is 0.925 bits per heavy atom. The lowest BCUT2D eigenvalue weighted by molar-refractivity contribution is -0.140. The molecule has 1 unspecified atom stereocenters. The van der Waals surface area contributed by atoms with E-state index in [1.807, 2.05) is 45.0 Å². The molecule has 10 heteroatoms. The van der Waals surface area contributed by atoms with E-state index < -0.39 is 28.5 Å². The third-order valence-corrected chi connectivity index (χ3v) is 8.38. The van der Waals surface area contributed by atoms with Crippen LogP contribution in [0.5, 0.6) is 11.5 Å². The minimum absolute atomic E-state index is 0.0405. The van der Waals surface area contributed by atoms with Crippen LogP contribution in [0.2, 0.25) is 0 Å². The number of likely N-dealkylation sites (N-methyl/N-ethyl adjacent to an activating group) is 1. The van der Waals surface area contributed by atoms with Crippen LogP contribution in [0, 0.1) is 6.92 Å². The standard InChI is InChI=1S/C30H35N3O6S/c1-4-26(30(35)31-5-2)32(20-23-11-9-10-22(3)18-23)29(34)21-33(40(36,37)25-12-7-6-8-13-25)24-14-15-27-28(19-24)39-17-16-38-27/h6-15,18-19,26H,4-5,16-17,20-21H2,1-3H3,(H,31,35). The third kappa shape index (κ3) is 6.56. The second-order valence-corrected chi connectivity index (χ2v) is 11.3. The number of benzene rings is 3. The van der Waals surface area contributed by atoms with Crippen molar-refractivity contribution in [2.75, 3.05) is 30.6 Å². The fourth-order valence-corrected chi connectivity index (χ4v) is 6.08. The van der Waals surface area contributed by atoms with Crippen molar-refractivity contribution < 1.29 is 27.5 Å². The van der Waals surface area contributed by atoms with Crippen molar-refractivity contribution in [3.63, 3.8) is 0 Å². The molecule has 1 heterocycles. The van der Waals surface area contributed by atoms with Gasteiger partial charge in [-0.25, -0.2) is 8.42 Å². The van der Waals surface area contributed by atoms with Gasteiger partial charge in [0.05, 0.1) is 10.6 Å². The van der Waals surface area contributed by atoms with Gasteiger partial charge in [-0.1, -0.05) is 55.0 Å². The molecular weight excluding hydrogens is 530 g/mol. The predicted molar refractivity (Wildman–Crippen MR) is 153 cm³/mol. The lowest BCUT2D eigenvalue weighted by atomic mass is 10.1. The molecule has 3 aromatic rings. The molecule has 0 saturated heterocycles. The second-order valence-electron chi connectivity index (χ2n) is 9.48. The normalized spacial score (nSPS) is 13.3. The molecule has 1 aliphatic rings. The zero-order chi connectivity index (χ0) is 28.7. The van der Waals surface area contributed by atoms with Crippen LogP contribution >= 0.6 is 0 Å². The second kappa shape index (κ2) is 12.9. The highest BCUT2D eigenvalue weighted by Crippen LogP contribution is 2.36. The smallest absolute Gasteiger partial charge is 0.264 e. The molecule has 0 spiro atoms. The molecule has 2 amide bonds. The van der Waals surface area contributed by atoms with Crippen LogP contribution in [0.15, 0.2) is 77.7 Å². The maximum Gasteiger partial charge on any atom is 0.264 e. The van der Waals surface area contributed by atoms with Gasteiger partial charge in [-0.2, -0.15) is 0 Å². The molecule has 212 valence electrons. The molecule has 0 bridgehead atoms. The topological polar surface area (TPSA) is 105 Å². The van der Waals surface area contributed by atoms with Crippen LogP contribution in [0.1, 0.15) is 31.4 Å². The number of sulfonamides is 1. The summed E-state index contributed by atoms with van der Waals surface area (Å²) in [6, 6.07) is 19.6. The molecule has 1 atom stereocenters. The van der Waals surface area contributed by atoms with Gasteiger partial charge in [0.2, 0.25) is 11.8 Å². The molecular formula is C30H35N3O6S. The van der Waals surface area contributed by atoms with E-state index in [4.69, 9.17) is 9.47 Å². The zero-order valence-corrected chi connectivity index (χ0v) is 23.8. The summed E-state index contributed by atoms with van der Waals surface area (Å²) in [6.07, 6.45) is 0.360. The van der Waals surface area contributed by atoms with Gasteiger partial charge in [0.25, 0.3) is 10.0 Å². The van der Waals surface area contributed by atoms with E-state index >= 15 is 0 Å². The molecule has 4 rings (SSSR count). The highest BCUT2D eigenvalue weighted by Gasteiger charge is 2.34. The van der Waals surface area contributed by atoms with Gasteiger partial charge in [-0.05, 0) is 50.1 Å². The molecule has 0 radical (unpaired) electrons. The first-order chi connectivity index (χ1) is 19.2. The van der Waals surface area contributed by atoms with Crippen molar-refractivity contribution in [1.82, 2.24) is 10.2 Å². The average Bonchev–Trinajstić information content (AvgIpc) is 2.96. The number of ether oxygens (including phenoxy) is 2. The Kier molecular flexibility index (Phi) is 9.31. The summed E-state index contributed by atoms with van der Waals surface area (Å²) >= 11 is 0. The number of hydrogen-bond acceptors (Lipinski definition) is 6. The van der Waals surface area contributed by atoms with Crippen LogP contribution in [0.25, 0.3) is 0 Å². The average molecular weight is 566 g/mol. The van der Waals surface area contributed by atoms with Crippen molar-refractivity contribution in [1.29, 1.82) is 0 Å². The van der Waals surface area contributed by atoms with Gasteiger partial charge < -0.3 is 19.7 Å². The van der Waals surface area contributed by atoms with Gasteiger partial charge in [-0.3, -0.25) is 13.9 Å². The number of aryl methyl sites for hydroxylation is 1. The van der Waals surface area contributed by atoms with Crippen LogP contribution in [-0.4, -0.2) is 57.5 Å². The number of nitrogens with one attached hydrogen (secondary N) is 1. The molecule has 9 nitrogen and oxygen atoms in total. The van der Waals surface area contributed by atoms with Gasteiger partial charge in [0, 0.05) is 19.2 Å². The molecule has 0 fully saturated rings. The predicted octanol–water partition coefficient (Wildman–Crippen LogP) is 3.91. The van der Waals surface area contributed by atoms with E-state index in [0.717, 1.165) is 15.4 Å². The number of carbonyl (C=O) groups excluding carboxylic acids is 2. The number of carbonyl (C=O) groups is 2. The number of amides is 2. The first-order valence-corrected chi connectivity index (χ1v) is 14.8. The molecule has 0 saturated carbocycles. The van der Waals surface area contributed by atoms with Crippen molar-refractivity contribution in [2.24, 2.45) is 0 Å². The van der Waals surface area contributed by atoms with Crippen molar-refractivity contribution in [2.45, 2.75) is 44.7 Å². The van der Waals surface area contributed by atoms with E-state index in [-0.39, 0.29) is 23.0 Å². The summed E-state index contributed by atoms with van der Waals surface area (Å²) in [6.45, 7) is 6.36. The highest BCUT2D eigenvalue weighted by atomic mass is 32.2. The molecule has 1 N–H and O–H groups in total. The Bertz CT molecular complexity index is 1440. The maximum absolute atomic E-state index is 14.1. The monoisotopic (exact) mass is 565 g/mol. The lowest BCUT2D eigenvalue weighted by Gasteiger charge is -2.33. The molecule has 1 aliphatic heterocycles. The Hall–Kier alpha value is -4.05. The van der Waals surface area contributed by atoms with Crippen LogP contribution in [0.4, 0.5) is 5.69 Å². The fourth-order valence-electron chi connectivity index (χ4n) is 4.65. The van der Waals surface area contributed by atoms with Gasteiger partial charge >= 0.3 is 0 Å². The summed E-state index contributed by atoms with van der Waals surface area (Å²) in [4.78, 5) is 28.6. The number of hydrogen-bond donors (Lipinski definition) is 1. The van der Waals surface area contributed by atoms with E-state index in [0.29, 0.717) is 37.7 Å². The minimum Gasteiger partial charge on any atom is -0.486 e. The molecule has 0 aromatic heterocycles. The van der Waals surface area contributed by atoms with Crippen molar-refractivity contribution in [3.05, 3.63) is 83.9 Å².